The maximum absolute atomic E-state index is 13.9. The fourth-order valence-corrected chi connectivity index (χ4v) is 7.02. The maximum atomic E-state index is 13.9. The van der Waals surface area contributed by atoms with Gasteiger partial charge in [0.1, 0.15) is 11.4 Å². The lowest BCUT2D eigenvalue weighted by Gasteiger charge is -2.38. The summed E-state index contributed by atoms with van der Waals surface area (Å²) in [6.45, 7) is 2.71. The largest absolute Gasteiger partial charge is 0.421 e. The Bertz CT molecular complexity index is 2090. The molecule has 4 aromatic rings. The first-order valence-corrected chi connectivity index (χ1v) is 19.2. The topological polar surface area (TPSA) is 143 Å². The highest BCUT2D eigenvalue weighted by Gasteiger charge is 2.35. The molecule has 0 bridgehead atoms. The molecular formula is C37H42F3N9O4S. The van der Waals surface area contributed by atoms with E-state index in [1.54, 1.807) is 29.2 Å². The van der Waals surface area contributed by atoms with E-state index < -0.39 is 33.6 Å². The van der Waals surface area contributed by atoms with Crippen molar-refractivity contribution >= 4 is 56.5 Å². The number of imide groups is 1. The number of rotatable bonds is 12. The molecule has 2 aliphatic heterocycles. The van der Waals surface area contributed by atoms with Crippen molar-refractivity contribution in [3.05, 3.63) is 95.7 Å². The highest BCUT2D eigenvalue weighted by molar-refractivity contribution is 7.92. The number of halogens is 3. The molecule has 2 saturated heterocycles. The van der Waals surface area contributed by atoms with Crippen LogP contribution in [-0.4, -0.2) is 81.3 Å². The molecule has 0 atom stereocenters. The Balaban J connectivity index is 1.04. The number of carbonyl (C=O) groups is 2. The molecule has 3 aromatic carbocycles. The van der Waals surface area contributed by atoms with E-state index in [1.165, 1.54) is 7.05 Å². The number of nitrogens with one attached hydrogen (secondary N) is 3. The van der Waals surface area contributed by atoms with Crippen molar-refractivity contribution in [2.75, 3.05) is 64.7 Å². The lowest BCUT2D eigenvalue weighted by Crippen LogP contribution is -2.49. The third kappa shape index (κ3) is 9.38. The van der Waals surface area contributed by atoms with Crippen molar-refractivity contribution in [1.29, 1.82) is 0 Å². The number of sulfonamides is 1. The number of alkyl halides is 3. The molecule has 0 unspecified atom stereocenters. The van der Waals surface area contributed by atoms with Crippen LogP contribution < -0.4 is 30.1 Å². The predicted molar refractivity (Wildman–Crippen MR) is 202 cm³/mol. The summed E-state index contributed by atoms with van der Waals surface area (Å²) < 4.78 is 66.6. The zero-order valence-electron chi connectivity index (χ0n) is 30.1. The number of hydrogen-bond acceptors (Lipinski definition) is 10. The SMILES string of the molecule is CN(Cc1cccc(N2CCC(=O)NC2=O)c1)C1CCN(c2ccc(Nc3ncc(C(F)(F)F)c(NCc4cccc(N(C)S(C)(=O)=O)c4)n3)cc2)CC1. The summed E-state index contributed by atoms with van der Waals surface area (Å²) in [7, 11) is -0.0188. The lowest BCUT2D eigenvalue weighted by molar-refractivity contribution is -0.137. The minimum atomic E-state index is -4.70. The molecule has 0 spiro atoms. The van der Waals surface area contributed by atoms with Crippen molar-refractivity contribution in [1.82, 2.24) is 20.2 Å². The number of anilines is 6. The Morgan fingerprint density at radius 3 is 2.31 bits per heavy atom. The number of urea groups is 1. The number of hydrogen-bond donors (Lipinski definition) is 3. The van der Waals surface area contributed by atoms with Gasteiger partial charge in [-0.25, -0.2) is 18.2 Å². The van der Waals surface area contributed by atoms with Gasteiger partial charge >= 0.3 is 12.2 Å². The third-order valence-electron chi connectivity index (χ3n) is 9.61. The fourth-order valence-electron chi connectivity index (χ4n) is 6.52. The number of amides is 3. The van der Waals surface area contributed by atoms with E-state index in [4.69, 9.17) is 0 Å². The van der Waals surface area contributed by atoms with Gasteiger partial charge in [0.25, 0.3) is 0 Å². The molecule has 54 heavy (non-hydrogen) atoms. The summed E-state index contributed by atoms with van der Waals surface area (Å²) in [6.07, 6.45) is -0.745. The molecule has 3 heterocycles. The highest BCUT2D eigenvalue weighted by Crippen LogP contribution is 2.35. The Morgan fingerprint density at radius 1 is 0.926 bits per heavy atom. The molecule has 0 aliphatic carbocycles. The van der Waals surface area contributed by atoms with Crippen molar-refractivity contribution in [3.63, 3.8) is 0 Å². The number of nitrogens with zero attached hydrogens (tertiary/aromatic N) is 6. The molecule has 2 aliphatic rings. The van der Waals surface area contributed by atoms with Crippen LogP contribution in [0.2, 0.25) is 0 Å². The van der Waals surface area contributed by atoms with E-state index in [9.17, 15) is 31.2 Å². The third-order valence-corrected chi connectivity index (χ3v) is 10.8. The molecule has 0 radical (unpaired) electrons. The second-order valence-corrected chi connectivity index (χ2v) is 15.5. The summed E-state index contributed by atoms with van der Waals surface area (Å²) in [6, 6.07) is 21.8. The summed E-state index contributed by atoms with van der Waals surface area (Å²) in [5, 5.41) is 8.11. The highest BCUT2D eigenvalue weighted by atomic mass is 32.2. The van der Waals surface area contributed by atoms with Crippen LogP contribution in [0.3, 0.4) is 0 Å². The molecule has 13 nitrogen and oxygen atoms in total. The van der Waals surface area contributed by atoms with E-state index in [0.717, 1.165) is 59.6 Å². The molecule has 2 fully saturated rings. The average molecular weight is 766 g/mol. The second kappa shape index (κ2) is 15.9. The van der Waals surface area contributed by atoms with Crippen LogP contribution in [0, 0.1) is 0 Å². The van der Waals surface area contributed by atoms with E-state index in [-0.39, 0.29) is 24.8 Å². The van der Waals surface area contributed by atoms with Crippen molar-refractivity contribution < 1.29 is 31.2 Å². The van der Waals surface area contributed by atoms with Gasteiger partial charge in [0, 0.05) is 75.5 Å². The van der Waals surface area contributed by atoms with Crippen LogP contribution in [0.4, 0.5) is 52.5 Å². The predicted octanol–water partition coefficient (Wildman–Crippen LogP) is 5.79. The molecule has 6 rings (SSSR count). The van der Waals surface area contributed by atoms with Crippen molar-refractivity contribution in [2.45, 2.75) is 44.6 Å². The van der Waals surface area contributed by atoms with Crippen LogP contribution >= 0.6 is 0 Å². The zero-order valence-corrected chi connectivity index (χ0v) is 30.9. The number of carbonyl (C=O) groups excluding carboxylic acids is 2. The lowest BCUT2D eigenvalue weighted by atomic mass is 10.0. The van der Waals surface area contributed by atoms with Crippen molar-refractivity contribution in [2.24, 2.45) is 0 Å². The second-order valence-electron chi connectivity index (χ2n) is 13.4. The van der Waals surface area contributed by atoms with Crippen LogP contribution in [-0.2, 0) is 34.1 Å². The minimum Gasteiger partial charge on any atom is -0.371 e. The summed E-state index contributed by atoms with van der Waals surface area (Å²) >= 11 is 0. The van der Waals surface area contributed by atoms with Crippen LogP contribution in [0.15, 0.2) is 79.0 Å². The van der Waals surface area contributed by atoms with Crippen LogP contribution in [0.1, 0.15) is 36.0 Å². The van der Waals surface area contributed by atoms with Gasteiger partial charge in [-0.05, 0) is 79.5 Å². The number of piperidine rings is 1. The van der Waals surface area contributed by atoms with Gasteiger partial charge in [0.2, 0.25) is 21.9 Å². The first-order valence-electron chi connectivity index (χ1n) is 17.4. The standard InChI is InChI=1S/C37H42F3N9O4S/c1-46(24-26-7-5-9-31(21-26)49-19-16-33(50)44-36(49)51)28-14-17-48(18-15-28)29-12-10-27(11-13-29)43-35-42-23-32(37(38,39)40)34(45-35)41-22-25-6-4-8-30(20-25)47(2)54(3,52)53/h4-13,20-21,23,28H,14-19,22,24H2,1-3H3,(H,44,50,51)(H2,41,42,43,45). The van der Waals surface area contributed by atoms with Gasteiger partial charge in [-0.3, -0.25) is 24.2 Å². The van der Waals surface area contributed by atoms with E-state index in [1.807, 2.05) is 48.5 Å². The Morgan fingerprint density at radius 2 is 1.63 bits per heavy atom. The normalized spacial score (nSPS) is 15.7. The summed E-state index contributed by atoms with van der Waals surface area (Å²) in [4.78, 5) is 38.1. The first-order chi connectivity index (χ1) is 25.6. The molecule has 3 amide bonds. The number of benzene rings is 3. The van der Waals surface area contributed by atoms with Gasteiger partial charge in [0.15, 0.2) is 0 Å². The molecule has 286 valence electrons. The van der Waals surface area contributed by atoms with Gasteiger partial charge in [-0.1, -0.05) is 24.3 Å². The summed E-state index contributed by atoms with van der Waals surface area (Å²) in [5.41, 5.74) is 3.38. The van der Waals surface area contributed by atoms with Gasteiger partial charge in [-0.2, -0.15) is 18.2 Å². The average Bonchev–Trinajstić information content (AvgIpc) is 3.13. The monoisotopic (exact) mass is 765 g/mol. The minimum absolute atomic E-state index is 0.0208. The fraction of sp³-hybridized carbons (Fsp3) is 0.351. The molecule has 0 saturated carbocycles. The quantitative estimate of drug-likeness (QED) is 0.162. The molecule has 17 heteroatoms. The summed E-state index contributed by atoms with van der Waals surface area (Å²) in [5.74, 6) is -0.694. The Kier molecular flexibility index (Phi) is 11.3. The first kappa shape index (κ1) is 38.3. The van der Waals surface area contributed by atoms with E-state index in [2.05, 4.69) is 42.8 Å². The van der Waals surface area contributed by atoms with E-state index >= 15 is 0 Å². The van der Waals surface area contributed by atoms with Crippen LogP contribution in [0.25, 0.3) is 0 Å². The van der Waals surface area contributed by atoms with E-state index in [0.29, 0.717) is 36.1 Å². The molecular weight excluding hydrogens is 724 g/mol. The van der Waals surface area contributed by atoms with Gasteiger partial charge in [-0.15, -0.1) is 0 Å². The number of aromatic nitrogens is 2. The zero-order chi connectivity index (χ0) is 38.6. The maximum Gasteiger partial charge on any atom is 0.421 e. The molecule has 1 aromatic heterocycles. The van der Waals surface area contributed by atoms with Crippen LogP contribution in [0.5, 0.6) is 0 Å². The Labute approximate surface area is 312 Å². The smallest absolute Gasteiger partial charge is 0.371 e. The van der Waals surface area contributed by atoms with Gasteiger partial charge < -0.3 is 15.5 Å². The Hall–Kier alpha value is -5.42. The van der Waals surface area contributed by atoms with Crippen molar-refractivity contribution in [3.8, 4) is 0 Å². The van der Waals surface area contributed by atoms with Gasteiger partial charge in [0.05, 0.1) is 11.9 Å². The molecule has 3 N–H and O–H groups in total.